The van der Waals surface area contributed by atoms with Crippen LogP contribution in [0.2, 0.25) is 0 Å². The van der Waals surface area contributed by atoms with Gasteiger partial charge >= 0.3 is 5.97 Å². The molecule has 0 unspecified atom stereocenters. The first-order valence-corrected chi connectivity index (χ1v) is 4.97. The van der Waals surface area contributed by atoms with E-state index in [2.05, 4.69) is 10.8 Å². The number of ether oxygens (including phenoxy) is 1. The minimum Gasteiger partial charge on any atom is -0.465 e. The van der Waals surface area contributed by atoms with Gasteiger partial charge in [-0.25, -0.2) is 4.79 Å². The minimum atomic E-state index is -0.316. The Kier molecular flexibility index (Phi) is 3.01. The van der Waals surface area contributed by atoms with E-state index in [1.807, 2.05) is 36.4 Å². The molecule has 0 aliphatic carbocycles. The van der Waals surface area contributed by atoms with E-state index in [9.17, 15) is 4.79 Å². The molecule has 0 N–H and O–H groups in total. The van der Waals surface area contributed by atoms with Gasteiger partial charge in [-0.2, -0.15) is 0 Å². The van der Waals surface area contributed by atoms with Gasteiger partial charge in [0.2, 0.25) is 0 Å². The normalized spacial score (nSPS) is 9.81. The molecule has 0 heterocycles. The molecule has 0 saturated carbocycles. The predicted molar refractivity (Wildman–Crippen MR) is 62.1 cm³/mol. The Hall–Kier alpha value is -2.09. The molecule has 0 amide bonds. The zero-order chi connectivity index (χ0) is 11.4. The van der Waals surface area contributed by atoms with Crippen LogP contribution in [-0.2, 0) is 4.74 Å². The van der Waals surface area contributed by atoms with Crippen molar-refractivity contribution in [3.05, 3.63) is 60.2 Å². The topological polar surface area (TPSA) is 26.3 Å². The summed E-state index contributed by atoms with van der Waals surface area (Å²) >= 11 is 0. The van der Waals surface area contributed by atoms with Crippen LogP contribution in [0.1, 0.15) is 10.4 Å². The van der Waals surface area contributed by atoms with Gasteiger partial charge in [-0.3, -0.25) is 0 Å². The third-order valence-electron chi connectivity index (χ3n) is 2.33. The molecule has 0 fully saturated rings. The standard InChI is InChI=1S/C14H11O2/c1-16-14(15)13-9-7-12(8-10-13)11-5-3-2-4-6-11/h2-5,7-10H,1H3. The molecule has 2 aromatic rings. The van der Waals surface area contributed by atoms with Crippen LogP contribution in [0.4, 0.5) is 0 Å². The fourth-order valence-corrected chi connectivity index (χ4v) is 1.48. The summed E-state index contributed by atoms with van der Waals surface area (Å²) in [7, 11) is 1.38. The molecular formula is C14H11O2. The molecule has 0 bridgehead atoms. The lowest BCUT2D eigenvalue weighted by Crippen LogP contribution is -2.00. The third kappa shape index (κ3) is 2.11. The maximum atomic E-state index is 11.2. The number of rotatable bonds is 2. The summed E-state index contributed by atoms with van der Waals surface area (Å²) in [5, 5.41) is 0. The summed E-state index contributed by atoms with van der Waals surface area (Å²) in [5.41, 5.74) is 2.61. The summed E-state index contributed by atoms with van der Waals surface area (Å²) in [5.74, 6) is -0.316. The maximum Gasteiger partial charge on any atom is 0.337 e. The van der Waals surface area contributed by atoms with E-state index < -0.39 is 0 Å². The van der Waals surface area contributed by atoms with E-state index in [0.29, 0.717) is 5.56 Å². The van der Waals surface area contributed by atoms with E-state index >= 15 is 0 Å². The zero-order valence-electron chi connectivity index (χ0n) is 8.94. The lowest BCUT2D eigenvalue weighted by molar-refractivity contribution is 0.0601. The number of esters is 1. The highest BCUT2D eigenvalue weighted by Gasteiger charge is 2.04. The van der Waals surface area contributed by atoms with Gasteiger partial charge in [0.1, 0.15) is 0 Å². The van der Waals surface area contributed by atoms with Gasteiger partial charge in [-0.1, -0.05) is 36.4 Å². The molecule has 0 spiro atoms. The van der Waals surface area contributed by atoms with E-state index in [-0.39, 0.29) is 5.97 Å². The van der Waals surface area contributed by atoms with Gasteiger partial charge in [0.15, 0.2) is 0 Å². The first-order valence-electron chi connectivity index (χ1n) is 4.97. The second kappa shape index (κ2) is 4.62. The highest BCUT2D eigenvalue weighted by Crippen LogP contribution is 2.18. The molecule has 0 atom stereocenters. The number of hydrogen-bond acceptors (Lipinski definition) is 2. The molecule has 0 aliphatic heterocycles. The molecule has 79 valence electrons. The SMILES string of the molecule is COC(=O)c1ccc(-c2[c]cccc2)cc1. The Bertz CT molecular complexity index is 472. The van der Waals surface area contributed by atoms with Gasteiger partial charge < -0.3 is 4.74 Å². The lowest BCUT2D eigenvalue weighted by atomic mass is 10.0. The van der Waals surface area contributed by atoms with Crippen molar-refractivity contribution in [2.45, 2.75) is 0 Å². The van der Waals surface area contributed by atoms with Crippen molar-refractivity contribution in [3.63, 3.8) is 0 Å². The monoisotopic (exact) mass is 211 g/mol. The number of carbonyl (C=O) groups excluding carboxylic acids is 1. The van der Waals surface area contributed by atoms with Gasteiger partial charge in [0.05, 0.1) is 12.7 Å². The molecule has 1 radical (unpaired) electrons. The third-order valence-corrected chi connectivity index (χ3v) is 2.33. The molecule has 0 saturated heterocycles. The van der Waals surface area contributed by atoms with Crippen molar-refractivity contribution < 1.29 is 9.53 Å². The first kappa shape index (κ1) is 10.4. The molecule has 0 aromatic heterocycles. The van der Waals surface area contributed by atoms with Crippen molar-refractivity contribution in [3.8, 4) is 11.1 Å². The molecule has 16 heavy (non-hydrogen) atoms. The summed E-state index contributed by atoms with van der Waals surface area (Å²) in [4.78, 5) is 11.2. The van der Waals surface area contributed by atoms with Crippen molar-refractivity contribution >= 4 is 5.97 Å². The highest BCUT2D eigenvalue weighted by molar-refractivity contribution is 5.89. The Morgan fingerprint density at radius 2 is 1.88 bits per heavy atom. The van der Waals surface area contributed by atoms with Crippen molar-refractivity contribution in [1.82, 2.24) is 0 Å². The van der Waals surface area contributed by atoms with Crippen LogP contribution in [0.3, 0.4) is 0 Å². The molecule has 2 nitrogen and oxygen atoms in total. The molecular weight excluding hydrogens is 200 g/mol. The van der Waals surface area contributed by atoms with E-state index in [0.717, 1.165) is 11.1 Å². The number of benzene rings is 2. The fourth-order valence-electron chi connectivity index (χ4n) is 1.48. The van der Waals surface area contributed by atoms with Crippen molar-refractivity contribution in [2.24, 2.45) is 0 Å². The van der Waals surface area contributed by atoms with Crippen molar-refractivity contribution in [1.29, 1.82) is 0 Å². The summed E-state index contributed by atoms with van der Waals surface area (Å²) in [6, 6.07) is 18.1. The van der Waals surface area contributed by atoms with Crippen LogP contribution >= 0.6 is 0 Å². The average molecular weight is 211 g/mol. The minimum absolute atomic E-state index is 0.316. The number of carbonyl (C=O) groups is 1. The van der Waals surface area contributed by atoms with E-state index in [4.69, 9.17) is 0 Å². The zero-order valence-corrected chi connectivity index (χ0v) is 8.94. The summed E-state index contributed by atoms with van der Waals surface area (Å²) < 4.78 is 4.64. The van der Waals surface area contributed by atoms with E-state index in [1.54, 1.807) is 12.1 Å². The largest absolute Gasteiger partial charge is 0.465 e. The molecule has 0 aliphatic rings. The van der Waals surface area contributed by atoms with Gasteiger partial charge in [-0.05, 0) is 29.3 Å². The number of hydrogen-bond donors (Lipinski definition) is 0. The van der Waals surface area contributed by atoms with Crippen LogP contribution in [0, 0.1) is 6.07 Å². The second-order valence-corrected chi connectivity index (χ2v) is 3.35. The van der Waals surface area contributed by atoms with E-state index in [1.165, 1.54) is 7.11 Å². The van der Waals surface area contributed by atoms with Crippen LogP contribution in [0.5, 0.6) is 0 Å². The molecule has 2 rings (SSSR count). The smallest absolute Gasteiger partial charge is 0.337 e. The molecule has 2 aromatic carbocycles. The van der Waals surface area contributed by atoms with Gasteiger partial charge in [0.25, 0.3) is 0 Å². The summed E-state index contributed by atoms with van der Waals surface area (Å²) in [6.07, 6.45) is 0. The van der Waals surface area contributed by atoms with Crippen LogP contribution in [-0.4, -0.2) is 13.1 Å². The average Bonchev–Trinajstić information content (AvgIpc) is 2.39. The number of methoxy groups -OCH3 is 1. The Morgan fingerprint density at radius 3 is 2.44 bits per heavy atom. The highest BCUT2D eigenvalue weighted by atomic mass is 16.5. The fraction of sp³-hybridized carbons (Fsp3) is 0.0714. The summed E-state index contributed by atoms with van der Waals surface area (Å²) in [6.45, 7) is 0. The Balaban J connectivity index is 2.30. The Labute approximate surface area is 94.5 Å². The van der Waals surface area contributed by atoms with Gasteiger partial charge in [-0.15, -0.1) is 0 Å². The second-order valence-electron chi connectivity index (χ2n) is 3.35. The van der Waals surface area contributed by atoms with Gasteiger partial charge in [0, 0.05) is 0 Å². The molecule has 2 heteroatoms. The lowest BCUT2D eigenvalue weighted by Gasteiger charge is -2.02. The van der Waals surface area contributed by atoms with Crippen molar-refractivity contribution in [2.75, 3.05) is 7.11 Å². The Morgan fingerprint density at radius 1 is 1.12 bits per heavy atom. The quantitative estimate of drug-likeness (QED) is 0.714. The predicted octanol–water partition coefficient (Wildman–Crippen LogP) is 2.94. The van der Waals surface area contributed by atoms with Crippen LogP contribution in [0.15, 0.2) is 48.5 Å². The first-order chi connectivity index (χ1) is 7.81. The van der Waals surface area contributed by atoms with Crippen LogP contribution < -0.4 is 0 Å². The van der Waals surface area contributed by atoms with Crippen LogP contribution in [0.25, 0.3) is 11.1 Å². The maximum absolute atomic E-state index is 11.2.